The highest BCUT2D eigenvalue weighted by molar-refractivity contribution is 7.89. The molecule has 0 fully saturated rings. The number of ether oxygens (including phenoxy) is 3. The number of nitrogens with zero attached hydrogens (tertiary/aromatic N) is 1. The molecule has 0 bridgehead atoms. The van der Waals surface area contributed by atoms with Crippen molar-refractivity contribution in [3.05, 3.63) is 47.5 Å². The minimum atomic E-state index is -3.67. The van der Waals surface area contributed by atoms with Gasteiger partial charge in [-0.05, 0) is 44.5 Å². The zero-order valence-electron chi connectivity index (χ0n) is 19.3. The van der Waals surface area contributed by atoms with E-state index in [-0.39, 0.29) is 22.8 Å². The summed E-state index contributed by atoms with van der Waals surface area (Å²) in [5.74, 6) is -0.282. The number of carbonyl (C=O) groups is 2. The molecule has 0 saturated carbocycles. The second-order valence-electron chi connectivity index (χ2n) is 8.55. The number of carbonyl (C=O) groups excluding carboxylic acids is 2. The first kappa shape index (κ1) is 24.5. The largest absolute Gasteiger partial charge is 0.483 e. The number of hydrogen-bond acceptors (Lipinski definition) is 7. The van der Waals surface area contributed by atoms with Gasteiger partial charge in [0.25, 0.3) is 5.91 Å². The summed E-state index contributed by atoms with van der Waals surface area (Å²) in [6.07, 6.45) is 0.737. The first-order valence-electron chi connectivity index (χ1n) is 10.3. The van der Waals surface area contributed by atoms with Crippen LogP contribution in [0.1, 0.15) is 25.0 Å². The molecule has 0 aliphatic carbocycles. The van der Waals surface area contributed by atoms with E-state index in [1.54, 1.807) is 25.1 Å². The molecule has 0 atom stereocenters. The van der Waals surface area contributed by atoms with Gasteiger partial charge in [0.05, 0.1) is 4.90 Å². The maximum atomic E-state index is 12.4. The van der Waals surface area contributed by atoms with Crippen LogP contribution in [0.3, 0.4) is 0 Å². The van der Waals surface area contributed by atoms with E-state index in [4.69, 9.17) is 14.2 Å². The lowest BCUT2D eigenvalue weighted by Gasteiger charge is -2.18. The standard InChI is InChI=1S/C23H28N2O7S/c1-15-9-10-17(11-19(15)33(28,29)25(4)5)24-20(26)13-31-21(27)14-30-18-8-6-7-16-12-23(2,3)32-22(16)18/h6-11H,12-14H2,1-5H3,(H,24,26). The van der Waals surface area contributed by atoms with E-state index < -0.39 is 28.5 Å². The first-order valence-corrected chi connectivity index (χ1v) is 11.8. The van der Waals surface area contributed by atoms with Crippen LogP contribution in [-0.4, -0.2) is 57.5 Å². The quantitative estimate of drug-likeness (QED) is 0.583. The Labute approximate surface area is 193 Å². The van der Waals surface area contributed by atoms with Crippen molar-refractivity contribution in [2.24, 2.45) is 0 Å². The highest BCUT2D eigenvalue weighted by Gasteiger charge is 2.32. The Bertz CT molecular complexity index is 1170. The molecule has 0 saturated heterocycles. The maximum absolute atomic E-state index is 12.4. The molecule has 0 unspecified atom stereocenters. The van der Waals surface area contributed by atoms with Gasteiger partial charge in [-0.25, -0.2) is 17.5 Å². The summed E-state index contributed by atoms with van der Waals surface area (Å²) in [5.41, 5.74) is 1.48. The van der Waals surface area contributed by atoms with E-state index in [9.17, 15) is 18.0 Å². The third kappa shape index (κ3) is 5.82. The van der Waals surface area contributed by atoms with Crippen molar-refractivity contribution in [2.45, 2.75) is 37.7 Å². The monoisotopic (exact) mass is 476 g/mol. The second-order valence-corrected chi connectivity index (χ2v) is 10.7. The number of rotatable bonds is 8. The number of sulfonamides is 1. The number of fused-ring (bicyclic) bond motifs is 1. The van der Waals surface area contributed by atoms with Crippen LogP contribution in [0.5, 0.6) is 11.5 Å². The van der Waals surface area contributed by atoms with Gasteiger partial charge in [-0.2, -0.15) is 0 Å². The normalized spacial score (nSPS) is 14.4. The molecule has 0 radical (unpaired) electrons. The Morgan fingerprint density at radius 2 is 1.88 bits per heavy atom. The van der Waals surface area contributed by atoms with Crippen molar-refractivity contribution in [2.75, 3.05) is 32.6 Å². The van der Waals surface area contributed by atoms with E-state index in [0.717, 1.165) is 16.3 Å². The maximum Gasteiger partial charge on any atom is 0.344 e. The molecule has 33 heavy (non-hydrogen) atoms. The van der Waals surface area contributed by atoms with Gasteiger partial charge in [0.15, 0.2) is 24.7 Å². The van der Waals surface area contributed by atoms with Crippen LogP contribution < -0.4 is 14.8 Å². The molecule has 9 nitrogen and oxygen atoms in total. The molecule has 0 spiro atoms. The summed E-state index contributed by atoms with van der Waals surface area (Å²) in [6.45, 7) is 4.68. The van der Waals surface area contributed by atoms with Crippen molar-refractivity contribution >= 4 is 27.6 Å². The first-order chi connectivity index (χ1) is 15.4. The molecule has 1 aliphatic heterocycles. The number of anilines is 1. The fourth-order valence-electron chi connectivity index (χ4n) is 3.37. The number of benzene rings is 2. The van der Waals surface area contributed by atoms with E-state index >= 15 is 0 Å². The van der Waals surface area contributed by atoms with Crippen LogP contribution in [0, 0.1) is 6.92 Å². The number of para-hydroxylation sites is 1. The minimum Gasteiger partial charge on any atom is -0.483 e. The van der Waals surface area contributed by atoms with Crippen molar-refractivity contribution in [1.29, 1.82) is 0 Å². The van der Waals surface area contributed by atoms with Gasteiger partial charge in [-0.1, -0.05) is 18.2 Å². The fourth-order valence-corrected chi connectivity index (χ4v) is 4.52. The zero-order chi connectivity index (χ0) is 24.4. The zero-order valence-corrected chi connectivity index (χ0v) is 20.1. The van der Waals surface area contributed by atoms with Gasteiger partial charge < -0.3 is 19.5 Å². The van der Waals surface area contributed by atoms with Gasteiger partial charge >= 0.3 is 5.97 Å². The summed E-state index contributed by atoms with van der Waals surface area (Å²) in [6, 6.07) is 10.0. The van der Waals surface area contributed by atoms with E-state index in [1.807, 2.05) is 26.0 Å². The smallest absolute Gasteiger partial charge is 0.344 e. The summed E-state index contributed by atoms with van der Waals surface area (Å²) < 4.78 is 42.3. The summed E-state index contributed by atoms with van der Waals surface area (Å²) >= 11 is 0. The summed E-state index contributed by atoms with van der Waals surface area (Å²) in [4.78, 5) is 24.3. The average Bonchev–Trinajstić information content (AvgIpc) is 3.06. The number of amides is 1. The van der Waals surface area contributed by atoms with Crippen LogP contribution >= 0.6 is 0 Å². The molecular weight excluding hydrogens is 448 g/mol. The summed E-state index contributed by atoms with van der Waals surface area (Å²) in [5, 5.41) is 2.53. The van der Waals surface area contributed by atoms with Crippen molar-refractivity contribution in [3.8, 4) is 11.5 Å². The topological polar surface area (TPSA) is 111 Å². The third-order valence-electron chi connectivity index (χ3n) is 5.00. The minimum absolute atomic E-state index is 0.0801. The highest BCUT2D eigenvalue weighted by Crippen LogP contribution is 2.41. The van der Waals surface area contributed by atoms with Crippen molar-refractivity contribution in [3.63, 3.8) is 0 Å². The van der Waals surface area contributed by atoms with Crippen LogP contribution in [0.15, 0.2) is 41.3 Å². The van der Waals surface area contributed by atoms with Crippen LogP contribution in [0.4, 0.5) is 5.69 Å². The van der Waals surface area contributed by atoms with Gasteiger partial charge in [-0.15, -0.1) is 0 Å². The Morgan fingerprint density at radius 3 is 2.58 bits per heavy atom. The molecular formula is C23H28N2O7S. The van der Waals surface area contributed by atoms with Crippen LogP contribution in [0.25, 0.3) is 0 Å². The highest BCUT2D eigenvalue weighted by atomic mass is 32.2. The Kier molecular flexibility index (Phi) is 6.99. The van der Waals surface area contributed by atoms with E-state index in [1.165, 1.54) is 20.2 Å². The average molecular weight is 477 g/mol. The molecule has 3 rings (SSSR count). The number of esters is 1. The molecule has 2 aromatic rings. The Morgan fingerprint density at radius 1 is 1.15 bits per heavy atom. The summed E-state index contributed by atoms with van der Waals surface area (Å²) in [7, 11) is -0.810. The molecule has 1 heterocycles. The van der Waals surface area contributed by atoms with Crippen LogP contribution in [0.2, 0.25) is 0 Å². The Balaban J connectivity index is 1.53. The number of aryl methyl sites for hydroxylation is 1. The number of hydrogen-bond donors (Lipinski definition) is 1. The molecule has 1 aliphatic rings. The van der Waals surface area contributed by atoms with E-state index in [2.05, 4.69) is 5.32 Å². The molecule has 1 N–H and O–H groups in total. The van der Waals surface area contributed by atoms with Gasteiger partial charge in [0.2, 0.25) is 10.0 Å². The van der Waals surface area contributed by atoms with Crippen molar-refractivity contribution in [1.82, 2.24) is 4.31 Å². The van der Waals surface area contributed by atoms with Gasteiger partial charge in [0, 0.05) is 31.8 Å². The molecule has 178 valence electrons. The lowest BCUT2D eigenvalue weighted by Crippen LogP contribution is -2.25. The molecule has 2 aromatic carbocycles. The molecule has 10 heteroatoms. The SMILES string of the molecule is Cc1ccc(NC(=O)COC(=O)COc2cccc3c2OC(C)(C)C3)cc1S(=O)(=O)N(C)C. The molecule has 1 amide bonds. The van der Waals surface area contributed by atoms with Gasteiger partial charge in [-0.3, -0.25) is 4.79 Å². The number of nitrogens with one attached hydrogen (secondary N) is 1. The third-order valence-corrected chi connectivity index (χ3v) is 6.95. The molecule has 0 aromatic heterocycles. The lowest BCUT2D eigenvalue weighted by molar-refractivity contribution is -0.149. The fraction of sp³-hybridized carbons (Fsp3) is 0.391. The predicted octanol–water partition coefficient (Wildman–Crippen LogP) is 2.52. The van der Waals surface area contributed by atoms with Crippen molar-refractivity contribution < 1.29 is 32.2 Å². The lowest BCUT2D eigenvalue weighted by atomic mass is 10.0. The second kappa shape index (κ2) is 9.40. The van der Waals surface area contributed by atoms with Gasteiger partial charge in [0.1, 0.15) is 5.60 Å². The van der Waals surface area contributed by atoms with Crippen LogP contribution in [-0.2, 0) is 30.8 Å². The van der Waals surface area contributed by atoms with E-state index in [0.29, 0.717) is 17.1 Å². The predicted molar refractivity (Wildman–Crippen MR) is 122 cm³/mol. The Hall–Kier alpha value is -3.11.